The molecule has 3 aromatic heterocycles. The molecule has 3 heterocycles. The first-order valence-electron chi connectivity index (χ1n) is 10.0. The Balaban J connectivity index is 1.42. The van der Waals surface area contributed by atoms with Crippen molar-refractivity contribution in [1.29, 1.82) is 0 Å². The number of fused-ring (bicyclic) bond motifs is 2. The van der Waals surface area contributed by atoms with Gasteiger partial charge in [-0.2, -0.15) is 0 Å². The van der Waals surface area contributed by atoms with E-state index in [0.29, 0.717) is 46.2 Å². The van der Waals surface area contributed by atoms with Gasteiger partial charge in [-0.15, -0.1) is 0 Å². The van der Waals surface area contributed by atoms with Crippen molar-refractivity contribution in [2.45, 2.75) is 31.1 Å². The molecule has 0 spiro atoms. The third kappa shape index (κ3) is 3.26. The molecule has 0 fully saturated rings. The van der Waals surface area contributed by atoms with Crippen molar-refractivity contribution in [2.24, 2.45) is 0 Å². The molecule has 164 valence electrons. The molecular formula is C22H20ClFN6O2. The molecule has 0 amide bonds. The summed E-state index contributed by atoms with van der Waals surface area (Å²) in [5.74, 6) is -0.0635. The highest BCUT2D eigenvalue weighted by Gasteiger charge is 2.36. The van der Waals surface area contributed by atoms with Crippen LogP contribution in [-0.2, 0) is 6.42 Å². The number of anilines is 2. The largest absolute Gasteiger partial charge is 0.388 e. The highest BCUT2D eigenvalue weighted by Crippen LogP contribution is 2.35. The van der Waals surface area contributed by atoms with E-state index in [1.807, 2.05) is 0 Å². The lowest BCUT2D eigenvalue weighted by Crippen LogP contribution is -2.29. The number of aliphatic hydroxyl groups excluding tert-OH is 2. The van der Waals surface area contributed by atoms with Gasteiger partial charge >= 0.3 is 0 Å². The number of nitrogens with two attached hydrogens (primary N) is 2. The Morgan fingerprint density at radius 3 is 2.72 bits per heavy atom. The average Bonchev–Trinajstić information content (AvgIpc) is 3.32. The van der Waals surface area contributed by atoms with Crippen molar-refractivity contribution >= 4 is 45.2 Å². The molecule has 1 aliphatic rings. The number of hydrogen-bond donors (Lipinski definition) is 4. The van der Waals surface area contributed by atoms with Crippen LogP contribution in [0.25, 0.3) is 21.9 Å². The summed E-state index contributed by atoms with van der Waals surface area (Å²) in [5.41, 5.74) is 13.4. The minimum absolute atomic E-state index is 0.0681. The predicted molar refractivity (Wildman–Crippen MR) is 121 cm³/mol. The van der Waals surface area contributed by atoms with Gasteiger partial charge in [0.15, 0.2) is 5.82 Å². The zero-order chi connectivity index (χ0) is 22.6. The van der Waals surface area contributed by atoms with Crippen LogP contribution in [0.1, 0.15) is 18.0 Å². The molecule has 4 aromatic rings. The van der Waals surface area contributed by atoms with Crippen LogP contribution >= 0.6 is 11.6 Å². The van der Waals surface area contributed by atoms with Crippen molar-refractivity contribution in [2.75, 3.05) is 11.5 Å². The van der Waals surface area contributed by atoms with Crippen LogP contribution in [0.5, 0.6) is 0 Å². The highest BCUT2D eigenvalue weighted by atomic mass is 35.5. The molecule has 6 N–H and O–H groups in total. The lowest BCUT2D eigenvalue weighted by Gasteiger charge is -2.19. The number of nitrogens with zero attached hydrogens (tertiary/aromatic N) is 4. The minimum atomic E-state index is -1.08. The first kappa shape index (κ1) is 20.6. The van der Waals surface area contributed by atoms with Crippen molar-refractivity contribution in [3.8, 4) is 0 Å². The van der Waals surface area contributed by atoms with Crippen LogP contribution in [0.3, 0.4) is 0 Å². The molecule has 0 saturated carbocycles. The fourth-order valence-corrected chi connectivity index (χ4v) is 4.40. The van der Waals surface area contributed by atoms with E-state index in [2.05, 4.69) is 15.0 Å². The summed E-state index contributed by atoms with van der Waals surface area (Å²) in [7, 11) is 0. The van der Waals surface area contributed by atoms with Crippen molar-refractivity contribution in [3.63, 3.8) is 0 Å². The lowest BCUT2D eigenvalue weighted by atomic mass is 10.0. The molecule has 1 aromatic carbocycles. The van der Waals surface area contributed by atoms with Gasteiger partial charge in [0, 0.05) is 11.6 Å². The van der Waals surface area contributed by atoms with Crippen LogP contribution in [0, 0.1) is 5.82 Å². The third-order valence-corrected chi connectivity index (χ3v) is 6.27. The second-order valence-electron chi connectivity index (χ2n) is 7.85. The van der Waals surface area contributed by atoms with Gasteiger partial charge in [0.1, 0.15) is 41.3 Å². The van der Waals surface area contributed by atoms with E-state index < -0.39 is 24.1 Å². The number of pyridine rings is 1. The van der Waals surface area contributed by atoms with E-state index in [1.165, 1.54) is 6.33 Å². The fraction of sp³-hybridized carbons (Fsp3) is 0.227. The van der Waals surface area contributed by atoms with E-state index in [9.17, 15) is 10.2 Å². The summed E-state index contributed by atoms with van der Waals surface area (Å²) in [6.45, 7) is 0. The number of aryl methyl sites for hydroxylation is 1. The average molecular weight is 455 g/mol. The second kappa shape index (κ2) is 7.70. The smallest absolute Gasteiger partial charge is 0.152 e. The van der Waals surface area contributed by atoms with Crippen LogP contribution in [0.4, 0.5) is 16.0 Å². The van der Waals surface area contributed by atoms with Crippen LogP contribution < -0.4 is 11.5 Å². The molecule has 0 radical (unpaired) electrons. The molecule has 0 aliphatic heterocycles. The number of benzene rings is 1. The van der Waals surface area contributed by atoms with Crippen LogP contribution in [0.15, 0.2) is 48.4 Å². The van der Waals surface area contributed by atoms with Crippen LogP contribution in [0.2, 0.25) is 5.02 Å². The normalized spacial score (nSPS) is 20.9. The maximum absolute atomic E-state index is 15.0. The van der Waals surface area contributed by atoms with Gasteiger partial charge in [-0.05, 0) is 36.1 Å². The zero-order valence-corrected chi connectivity index (χ0v) is 17.5. The Labute approximate surface area is 187 Å². The van der Waals surface area contributed by atoms with Gasteiger partial charge in [-0.25, -0.2) is 19.3 Å². The highest BCUT2D eigenvalue weighted by molar-refractivity contribution is 6.33. The zero-order valence-electron chi connectivity index (χ0n) is 16.8. The first-order chi connectivity index (χ1) is 15.3. The summed E-state index contributed by atoms with van der Waals surface area (Å²) in [4.78, 5) is 12.3. The van der Waals surface area contributed by atoms with E-state index >= 15 is 4.39 Å². The second-order valence-corrected chi connectivity index (χ2v) is 8.26. The van der Waals surface area contributed by atoms with E-state index in [0.717, 1.165) is 0 Å². The standard InChI is InChI=1S/C22H20ClFN6O2/c23-14-7-11-3-1-10(16(24)17(11)29-21(14)26)2-4-12-8-15(19(32)18(12)31)30-6-5-13-20(25)27-9-28-22(13)30/h1,3,5-9,15,18-19,31-32H,2,4H2,(H2,26,29)(H2,25,27,28)/t15-,18-,19+/m1/s1. The molecular weight excluding hydrogens is 435 g/mol. The summed E-state index contributed by atoms with van der Waals surface area (Å²) < 4.78 is 16.8. The molecule has 8 nitrogen and oxygen atoms in total. The van der Waals surface area contributed by atoms with Crippen molar-refractivity contribution in [1.82, 2.24) is 19.5 Å². The number of nitrogen functional groups attached to an aromatic ring is 2. The maximum atomic E-state index is 15.0. The van der Waals surface area contributed by atoms with E-state index in [-0.39, 0.29) is 16.4 Å². The first-order valence-corrected chi connectivity index (χ1v) is 10.4. The third-order valence-electron chi connectivity index (χ3n) is 5.97. The van der Waals surface area contributed by atoms with Gasteiger partial charge in [-0.1, -0.05) is 29.8 Å². The van der Waals surface area contributed by atoms with Crippen molar-refractivity contribution in [3.05, 3.63) is 64.8 Å². The molecule has 3 atom stereocenters. The summed E-state index contributed by atoms with van der Waals surface area (Å²) in [5, 5.41) is 22.8. The van der Waals surface area contributed by atoms with Crippen molar-refractivity contribution < 1.29 is 14.6 Å². The Morgan fingerprint density at radius 2 is 1.91 bits per heavy atom. The molecule has 32 heavy (non-hydrogen) atoms. The number of halogens is 2. The quantitative estimate of drug-likeness (QED) is 0.348. The van der Waals surface area contributed by atoms with Gasteiger partial charge < -0.3 is 26.2 Å². The number of aromatic nitrogens is 4. The Bertz CT molecular complexity index is 1390. The Kier molecular flexibility index (Phi) is 4.96. The van der Waals surface area contributed by atoms with E-state index in [4.69, 9.17) is 23.1 Å². The topological polar surface area (TPSA) is 136 Å². The predicted octanol–water partition coefficient (Wildman–Crippen LogP) is 2.77. The fourth-order valence-electron chi connectivity index (χ4n) is 4.24. The monoisotopic (exact) mass is 454 g/mol. The minimum Gasteiger partial charge on any atom is -0.388 e. The molecule has 1 aliphatic carbocycles. The lowest BCUT2D eigenvalue weighted by molar-refractivity contribution is 0.0317. The number of aliphatic hydroxyl groups is 2. The molecule has 10 heteroatoms. The Morgan fingerprint density at radius 1 is 1.09 bits per heavy atom. The van der Waals surface area contributed by atoms with Crippen LogP contribution in [-0.4, -0.2) is 41.9 Å². The Hall–Kier alpha value is -3.27. The van der Waals surface area contributed by atoms with Gasteiger partial charge in [0.25, 0.3) is 0 Å². The number of rotatable bonds is 4. The summed E-state index contributed by atoms with van der Waals surface area (Å²) in [6.07, 6.45) is 3.43. The van der Waals surface area contributed by atoms with E-state index in [1.54, 1.807) is 41.1 Å². The SMILES string of the molecule is Nc1nc2c(F)c(CCC3=C[C@@H](n4ccc5c(N)ncnc54)[C@H](O)[C@@H]3O)ccc2cc1Cl. The molecule has 0 bridgehead atoms. The van der Waals surface area contributed by atoms with Gasteiger partial charge in [0.2, 0.25) is 0 Å². The molecule has 0 unspecified atom stereocenters. The van der Waals surface area contributed by atoms with Gasteiger partial charge in [0.05, 0.1) is 16.5 Å². The summed E-state index contributed by atoms with van der Waals surface area (Å²) in [6, 6.07) is 6.22. The molecule has 0 saturated heterocycles. The van der Waals surface area contributed by atoms with Gasteiger partial charge in [-0.3, -0.25) is 0 Å². The number of hydrogen-bond acceptors (Lipinski definition) is 7. The molecule has 5 rings (SSSR count). The summed E-state index contributed by atoms with van der Waals surface area (Å²) >= 11 is 5.97. The maximum Gasteiger partial charge on any atom is 0.152 e.